The topological polar surface area (TPSA) is 81.5 Å². The third-order valence-corrected chi connectivity index (χ3v) is 4.69. The van der Waals surface area contributed by atoms with Gasteiger partial charge in [-0.25, -0.2) is 9.78 Å². The Morgan fingerprint density at radius 3 is 2.68 bits per heavy atom. The van der Waals surface area contributed by atoms with Crippen LogP contribution >= 0.6 is 0 Å². The molecule has 1 aromatic carbocycles. The summed E-state index contributed by atoms with van der Waals surface area (Å²) in [6.45, 7) is 3.63. The Labute approximate surface area is 145 Å². The van der Waals surface area contributed by atoms with Gasteiger partial charge < -0.3 is 9.64 Å². The Kier molecular flexibility index (Phi) is 4.83. The molecule has 7 nitrogen and oxygen atoms in total. The van der Waals surface area contributed by atoms with E-state index in [0.717, 1.165) is 25.9 Å². The molecule has 2 heterocycles. The molecule has 1 aromatic heterocycles. The molecule has 3 rings (SSSR count). The van der Waals surface area contributed by atoms with Crippen LogP contribution in [0.15, 0.2) is 29.3 Å². The van der Waals surface area contributed by atoms with E-state index in [1.807, 2.05) is 0 Å². The molecule has 1 amide bonds. The van der Waals surface area contributed by atoms with Gasteiger partial charge in [0.2, 0.25) is 5.91 Å². The van der Waals surface area contributed by atoms with Gasteiger partial charge in [-0.05, 0) is 37.0 Å². The van der Waals surface area contributed by atoms with Crippen molar-refractivity contribution in [2.45, 2.75) is 26.3 Å². The SMILES string of the molecule is COC(=O)c1ccc2c(=O)n(CC(=O)N3CCC(C)CC3)cnc2c1. The number of amides is 1. The summed E-state index contributed by atoms with van der Waals surface area (Å²) < 4.78 is 5.99. The van der Waals surface area contributed by atoms with Crippen molar-refractivity contribution < 1.29 is 14.3 Å². The van der Waals surface area contributed by atoms with Crippen LogP contribution in [-0.2, 0) is 16.1 Å². The first-order chi connectivity index (χ1) is 12.0. The molecule has 1 fully saturated rings. The lowest BCUT2D eigenvalue weighted by Gasteiger charge is -2.30. The van der Waals surface area contributed by atoms with Gasteiger partial charge in [0.1, 0.15) is 6.54 Å². The maximum Gasteiger partial charge on any atom is 0.337 e. The van der Waals surface area contributed by atoms with Gasteiger partial charge in [-0.1, -0.05) is 6.92 Å². The predicted octanol–water partition coefficient (Wildman–Crippen LogP) is 1.44. The molecule has 0 aliphatic carbocycles. The molecule has 1 aliphatic rings. The van der Waals surface area contributed by atoms with E-state index in [1.165, 1.54) is 30.1 Å². The molecule has 0 spiro atoms. The number of esters is 1. The maximum atomic E-state index is 12.6. The van der Waals surface area contributed by atoms with Crippen molar-refractivity contribution in [3.05, 3.63) is 40.4 Å². The summed E-state index contributed by atoms with van der Waals surface area (Å²) in [5.74, 6) is 0.0850. The van der Waals surface area contributed by atoms with E-state index in [9.17, 15) is 14.4 Å². The van der Waals surface area contributed by atoms with Crippen molar-refractivity contribution in [3.63, 3.8) is 0 Å². The van der Waals surface area contributed by atoms with E-state index in [2.05, 4.69) is 16.6 Å². The fourth-order valence-corrected chi connectivity index (χ4v) is 3.02. The molecule has 132 valence electrons. The van der Waals surface area contributed by atoms with E-state index in [0.29, 0.717) is 22.4 Å². The summed E-state index contributed by atoms with van der Waals surface area (Å²) in [5, 5.41) is 0.371. The highest BCUT2D eigenvalue weighted by molar-refractivity contribution is 5.94. The summed E-state index contributed by atoms with van der Waals surface area (Å²) in [5.41, 5.74) is 0.446. The molecule has 7 heteroatoms. The highest BCUT2D eigenvalue weighted by Gasteiger charge is 2.21. The second-order valence-electron chi connectivity index (χ2n) is 6.46. The van der Waals surface area contributed by atoms with Crippen LogP contribution in [0.1, 0.15) is 30.1 Å². The van der Waals surface area contributed by atoms with Gasteiger partial charge in [-0.3, -0.25) is 14.2 Å². The number of likely N-dealkylation sites (tertiary alicyclic amines) is 1. The minimum absolute atomic E-state index is 0.0189. The van der Waals surface area contributed by atoms with Crippen LogP contribution in [0.2, 0.25) is 0 Å². The normalized spacial score (nSPS) is 15.4. The van der Waals surface area contributed by atoms with Crippen LogP contribution in [0.3, 0.4) is 0 Å². The Bertz CT molecular complexity index is 866. The number of fused-ring (bicyclic) bond motifs is 1. The third-order valence-electron chi connectivity index (χ3n) is 4.69. The fraction of sp³-hybridized carbons (Fsp3) is 0.444. The lowest BCUT2D eigenvalue weighted by Crippen LogP contribution is -2.41. The Balaban J connectivity index is 1.83. The summed E-state index contributed by atoms with van der Waals surface area (Å²) in [7, 11) is 1.30. The van der Waals surface area contributed by atoms with Gasteiger partial charge in [0.15, 0.2) is 0 Å². The van der Waals surface area contributed by atoms with Crippen LogP contribution in [0.5, 0.6) is 0 Å². The zero-order chi connectivity index (χ0) is 18.0. The van der Waals surface area contributed by atoms with E-state index in [4.69, 9.17) is 0 Å². The van der Waals surface area contributed by atoms with E-state index >= 15 is 0 Å². The number of hydrogen-bond donors (Lipinski definition) is 0. The maximum absolute atomic E-state index is 12.6. The van der Waals surface area contributed by atoms with Crippen molar-refractivity contribution >= 4 is 22.8 Å². The quantitative estimate of drug-likeness (QED) is 0.788. The second-order valence-corrected chi connectivity index (χ2v) is 6.46. The van der Waals surface area contributed by atoms with E-state index in [1.54, 1.807) is 11.0 Å². The standard InChI is InChI=1S/C18H21N3O4/c1-12-5-7-20(8-6-12)16(22)10-21-11-19-15-9-13(18(24)25-2)3-4-14(15)17(21)23/h3-4,9,11-12H,5-8,10H2,1-2H3. The van der Waals surface area contributed by atoms with E-state index in [-0.39, 0.29) is 18.0 Å². The molecule has 0 N–H and O–H groups in total. The number of carbonyl (C=O) groups excluding carboxylic acids is 2. The highest BCUT2D eigenvalue weighted by atomic mass is 16.5. The van der Waals surface area contributed by atoms with Crippen LogP contribution in [0.25, 0.3) is 10.9 Å². The van der Waals surface area contributed by atoms with E-state index < -0.39 is 5.97 Å². The van der Waals surface area contributed by atoms with Gasteiger partial charge >= 0.3 is 5.97 Å². The zero-order valence-corrected chi connectivity index (χ0v) is 14.4. The number of benzene rings is 1. The molecular weight excluding hydrogens is 322 g/mol. The van der Waals surface area contributed by atoms with Gasteiger partial charge in [0.05, 0.1) is 29.9 Å². The molecule has 0 unspecified atom stereocenters. The van der Waals surface area contributed by atoms with Crippen LogP contribution in [0.4, 0.5) is 0 Å². The molecule has 2 aromatic rings. The van der Waals surface area contributed by atoms with Crippen molar-refractivity contribution in [2.75, 3.05) is 20.2 Å². The monoisotopic (exact) mass is 343 g/mol. The van der Waals surface area contributed by atoms with Gasteiger partial charge in [0, 0.05) is 13.1 Å². The first-order valence-corrected chi connectivity index (χ1v) is 8.35. The number of carbonyl (C=O) groups is 2. The molecular formula is C18H21N3O4. The largest absolute Gasteiger partial charge is 0.465 e. The molecule has 0 radical (unpaired) electrons. The number of methoxy groups -OCH3 is 1. The van der Waals surface area contributed by atoms with Gasteiger partial charge in [0.25, 0.3) is 5.56 Å². The molecule has 0 saturated carbocycles. The zero-order valence-electron chi connectivity index (χ0n) is 14.4. The average Bonchev–Trinajstić information content (AvgIpc) is 2.63. The van der Waals surface area contributed by atoms with Crippen molar-refractivity contribution in [3.8, 4) is 0 Å². The molecule has 25 heavy (non-hydrogen) atoms. The summed E-state index contributed by atoms with van der Waals surface area (Å²) in [6.07, 6.45) is 3.34. The lowest BCUT2D eigenvalue weighted by molar-refractivity contribution is -0.133. The second kappa shape index (κ2) is 7.04. The number of aromatic nitrogens is 2. The number of rotatable bonds is 3. The van der Waals surface area contributed by atoms with Crippen molar-refractivity contribution in [2.24, 2.45) is 5.92 Å². The lowest BCUT2D eigenvalue weighted by atomic mass is 9.99. The number of hydrogen-bond acceptors (Lipinski definition) is 5. The highest BCUT2D eigenvalue weighted by Crippen LogP contribution is 2.16. The molecule has 1 aliphatic heterocycles. The third kappa shape index (κ3) is 3.55. The van der Waals surface area contributed by atoms with Crippen molar-refractivity contribution in [1.82, 2.24) is 14.5 Å². The van der Waals surface area contributed by atoms with Crippen LogP contribution in [0, 0.1) is 5.92 Å². The number of piperidine rings is 1. The summed E-state index contributed by atoms with van der Waals surface area (Å²) in [6, 6.07) is 4.58. The van der Waals surface area contributed by atoms with Crippen molar-refractivity contribution in [1.29, 1.82) is 0 Å². The Morgan fingerprint density at radius 1 is 1.28 bits per heavy atom. The summed E-state index contributed by atoms with van der Waals surface area (Å²) in [4.78, 5) is 42.6. The van der Waals surface area contributed by atoms with Crippen LogP contribution in [-0.4, -0.2) is 46.5 Å². The fourth-order valence-electron chi connectivity index (χ4n) is 3.02. The molecule has 0 atom stereocenters. The van der Waals surface area contributed by atoms with Crippen LogP contribution < -0.4 is 5.56 Å². The minimum Gasteiger partial charge on any atom is -0.465 e. The number of ether oxygens (including phenoxy) is 1. The first-order valence-electron chi connectivity index (χ1n) is 8.35. The van der Waals surface area contributed by atoms with Gasteiger partial charge in [-0.2, -0.15) is 0 Å². The van der Waals surface area contributed by atoms with Gasteiger partial charge in [-0.15, -0.1) is 0 Å². The minimum atomic E-state index is -0.484. The molecule has 0 bridgehead atoms. The number of nitrogens with zero attached hydrogens (tertiary/aromatic N) is 3. The Hall–Kier alpha value is -2.70. The Morgan fingerprint density at radius 2 is 2.00 bits per heavy atom. The average molecular weight is 343 g/mol. The first kappa shape index (κ1) is 17.1. The smallest absolute Gasteiger partial charge is 0.337 e. The predicted molar refractivity (Wildman–Crippen MR) is 92.3 cm³/mol. The molecule has 1 saturated heterocycles. The summed E-state index contributed by atoms with van der Waals surface area (Å²) >= 11 is 0.